The van der Waals surface area contributed by atoms with Crippen molar-refractivity contribution in [2.75, 3.05) is 26.7 Å². The van der Waals surface area contributed by atoms with Crippen molar-refractivity contribution in [2.45, 2.75) is 12.5 Å². The third-order valence-electron chi connectivity index (χ3n) is 4.61. The molecule has 1 aromatic heterocycles. The molecule has 0 aliphatic carbocycles. The van der Waals surface area contributed by atoms with Gasteiger partial charge in [0, 0.05) is 26.3 Å². The Morgan fingerprint density at radius 3 is 2.31 bits per heavy atom. The Labute approximate surface area is 156 Å². The van der Waals surface area contributed by atoms with Gasteiger partial charge in [-0.3, -0.25) is 4.68 Å². The Bertz CT molecular complexity index is 770. The van der Waals surface area contributed by atoms with E-state index < -0.39 is 0 Å². The van der Waals surface area contributed by atoms with Gasteiger partial charge in [-0.2, -0.15) is 5.10 Å². The van der Waals surface area contributed by atoms with Gasteiger partial charge in [-0.25, -0.2) is 0 Å². The number of hydrogen-bond donors (Lipinski definition) is 0. The first-order chi connectivity index (χ1) is 12.7. The zero-order valence-electron chi connectivity index (χ0n) is 15.6. The van der Waals surface area contributed by atoms with E-state index in [0.29, 0.717) is 6.61 Å². The maximum absolute atomic E-state index is 6.27. The molecule has 0 N–H and O–H groups in total. The van der Waals surface area contributed by atoms with Crippen molar-refractivity contribution in [3.8, 4) is 0 Å². The second-order valence-electron chi connectivity index (χ2n) is 6.58. The van der Waals surface area contributed by atoms with E-state index in [9.17, 15) is 0 Å². The van der Waals surface area contributed by atoms with Gasteiger partial charge in [-0.15, -0.1) is 0 Å². The van der Waals surface area contributed by atoms with Crippen LogP contribution in [-0.2, 0) is 18.2 Å². The van der Waals surface area contributed by atoms with Crippen LogP contribution in [0, 0.1) is 0 Å². The highest BCUT2D eigenvalue weighted by Crippen LogP contribution is 2.25. The molecule has 2 aromatic carbocycles. The van der Waals surface area contributed by atoms with E-state index in [1.54, 1.807) is 0 Å². The summed E-state index contributed by atoms with van der Waals surface area (Å²) < 4.78 is 8.16. The minimum absolute atomic E-state index is 0.0915. The van der Waals surface area contributed by atoms with Crippen molar-refractivity contribution in [3.05, 3.63) is 89.7 Å². The Morgan fingerprint density at radius 1 is 0.962 bits per heavy atom. The first-order valence-corrected chi connectivity index (χ1v) is 9.11. The molecule has 0 radical (unpaired) electrons. The fourth-order valence-corrected chi connectivity index (χ4v) is 3.02. The van der Waals surface area contributed by atoms with E-state index in [1.165, 1.54) is 5.56 Å². The Balaban J connectivity index is 1.54. The molecule has 0 aliphatic heterocycles. The van der Waals surface area contributed by atoms with E-state index in [4.69, 9.17) is 4.74 Å². The number of hydrogen-bond acceptors (Lipinski definition) is 3. The van der Waals surface area contributed by atoms with Crippen molar-refractivity contribution >= 4 is 0 Å². The molecule has 3 aromatic rings. The Kier molecular flexibility index (Phi) is 6.58. The Hall–Kier alpha value is -2.43. The van der Waals surface area contributed by atoms with Crippen LogP contribution in [0.2, 0.25) is 0 Å². The molecular weight excluding hydrogens is 322 g/mol. The van der Waals surface area contributed by atoms with Gasteiger partial charge >= 0.3 is 0 Å². The standard InChI is InChI=1S/C22H27N3O/c1-24(16-14-19-9-5-3-6-10-19)17-18-26-22(20-11-7-4-8-12-20)21-13-15-23-25(21)2/h3-13,15,22H,14,16-18H2,1-2H3/t22-/m0/s1. The number of rotatable bonds is 9. The molecule has 0 amide bonds. The molecule has 1 atom stereocenters. The number of aromatic nitrogens is 2. The number of nitrogens with zero attached hydrogens (tertiary/aromatic N) is 3. The number of benzene rings is 2. The summed E-state index contributed by atoms with van der Waals surface area (Å²) in [5, 5.41) is 4.30. The zero-order chi connectivity index (χ0) is 18.2. The first-order valence-electron chi connectivity index (χ1n) is 9.11. The molecule has 4 nitrogen and oxygen atoms in total. The van der Waals surface area contributed by atoms with E-state index in [1.807, 2.05) is 42.2 Å². The lowest BCUT2D eigenvalue weighted by Gasteiger charge is -2.22. The molecule has 0 fully saturated rings. The van der Waals surface area contributed by atoms with Crippen LogP contribution >= 0.6 is 0 Å². The molecule has 3 rings (SSSR count). The van der Waals surface area contributed by atoms with Gasteiger partial charge in [-0.1, -0.05) is 60.7 Å². The number of likely N-dealkylation sites (N-methyl/N-ethyl adjacent to an activating group) is 1. The minimum atomic E-state index is -0.0915. The maximum atomic E-state index is 6.27. The summed E-state index contributed by atoms with van der Waals surface area (Å²) in [4.78, 5) is 2.32. The van der Waals surface area contributed by atoms with Crippen LogP contribution < -0.4 is 0 Å². The SMILES string of the molecule is CN(CCO[C@@H](c1ccccc1)c1ccnn1C)CCc1ccccc1. The van der Waals surface area contributed by atoms with Crippen LogP contribution in [0.25, 0.3) is 0 Å². The smallest absolute Gasteiger partial charge is 0.124 e. The summed E-state index contributed by atoms with van der Waals surface area (Å²) in [7, 11) is 4.11. The van der Waals surface area contributed by atoms with Crippen molar-refractivity contribution in [1.82, 2.24) is 14.7 Å². The minimum Gasteiger partial charge on any atom is -0.366 e. The quantitative estimate of drug-likeness (QED) is 0.590. The second-order valence-corrected chi connectivity index (χ2v) is 6.58. The molecule has 136 valence electrons. The fraction of sp³-hybridized carbons (Fsp3) is 0.318. The highest BCUT2D eigenvalue weighted by molar-refractivity contribution is 5.25. The summed E-state index contributed by atoms with van der Waals surface area (Å²) in [6, 6.07) is 23.0. The molecular formula is C22H27N3O. The van der Waals surface area contributed by atoms with Crippen LogP contribution in [0.3, 0.4) is 0 Å². The van der Waals surface area contributed by atoms with Gasteiger partial charge in [0.05, 0.1) is 12.3 Å². The van der Waals surface area contributed by atoms with Crippen molar-refractivity contribution < 1.29 is 4.74 Å². The van der Waals surface area contributed by atoms with E-state index in [0.717, 1.165) is 30.8 Å². The maximum Gasteiger partial charge on any atom is 0.124 e. The van der Waals surface area contributed by atoms with Gasteiger partial charge in [0.25, 0.3) is 0 Å². The van der Waals surface area contributed by atoms with Crippen LogP contribution in [0.15, 0.2) is 72.9 Å². The second kappa shape index (κ2) is 9.32. The molecule has 0 aliphatic rings. The van der Waals surface area contributed by atoms with Crippen LogP contribution in [-0.4, -0.2) is 41.4 Å². The van der Waals surface area contributed by atoms with Gasteiger partial charge in [0.1, 0.15) is 6.10 Å². The van der Waals surface area contributed by atoms with Gasteiger partial charge in [-0.05, 0) is 30.7 Å². The molecule has 0 unspecified atom stereocenters. The summed E-state index contributed by atoms with van der Waals surface area (Å²) in [5.41, 5.74) is 3.60. The van der Waals surface area contributed by atoms with Crippen LogP contribution in [0.1, 0.15) is 22.9 Å². The van der Waals surface area contributed by atoms with Gasteiger partial charge in [0.2, 0.25) is 0 Å². The lowest BCUT2D eigenvalue weighted by atomic mass is 10.1. The molecule has 4 heteroatoms. The monoisotopic (exact) mass is 349 g/mol. The van der Waals surface area contributed by atoms with E-state index >= 15 is 0 Å². The average molecular weight is 349 g/mol. The van der Waals surface area contributed by atoms with Crippen molar-refractivity contribution in [3.63, 3.8) is 0 Å². The molecule has 0 saturated carbocycles. The topological polar surface area (TPSA) is 30.3 Å². The van der Waals surface area contributed by atoms with Gasteiger partial charge in [0.15, 0.2) is 0 Å². The molecule has 0 spiro atoms. The highest BCUT2D eigenvalue weighted by atomic mass is 16.5. The third kappa shape index (κ3) is 5.04. The number of ether oxygens (including phenoxy) is 1. The largest absolute Gasteiger partial charge is 0.366 e. The average Bonchev–Trinajstić information content (AvgIpc) is 3.11. The third-order valence-corrected chi connectivity index (χ3v) is 4.61. The van der Waals surface area contributed by atoms with E-state index in [2.05, 4.69) is 59.5 Å². The first kappa shape index (κ1) is 18.4. The predicted octanol–water partition coefficient (Wildman–Crippen LogP) is 3.70. The molecule has 0 saturated heterocycles. The molecule has 26 heavy (non-hydrogen) atoms. The van der Waals surface area contributed by atoms with Crippen LogP contribution in [0.4, 0.5) is 0 Å². The zero-order valence-corrected chi connectivity index (χ0v) is 15.6. The summed E-state index contributed by atoms with van der Waals surface area (Å²) in [6.07, 6.45) is 2.79. The summed E-state index contributed by atoms with van der Waals surface area (Å²) in [6.45, 7) is 2.60. The molecule has 0 bridgehead atoms. The number of aryl methyl sites for hydroxylation is 1. The van der Waals surface area contributed by atoms with Gasteiger partial charge < -0.3 is 9.64 Å². The summed E-state index contributed by atoms with van der Waals surface area (Å²) >= 11 is 0. The fourth-order valence-electron chi connectivity index (χ4n) is 3.02. The van der Waals surface area contributed by atoms with Crippen LogP contribution in [0.5, 0.6) is 0 Å². The summed E-state index contributed by atoms with van der Waals surface area (Å²) in [5.74, 6) is 0. The lowest BCUT2D eigenvalue weighted by molar-refractivity contribution is 0.0603. The normalized spacial score (nSPS) is 12.4. The lowest BCUT2D eigenvalue weighted by Crippen LogP contribution is -2.26. The molecule has 1 heterocycles. The highest BCUT2D eigenvalue weighted by Gasteiger charge is 2.18. The predicted molar refractivity (Wildman–Crippen MR) is 105 cm³/mol. The Morgan fingerprint density at radius 2 is 1.65 bits per heavy atom. The van der Waals surface area contributed by atoms with E-state index in [-0.39, 0.29) is 6.10 Å². The van der Waals surface area contributed by atoms with Crippen molar-refractivity contribution in [2.24, 2.45) is 7.05 Å². The van der Waals surface area contributed by atoms with Crippen molar-refractivity contribution in [1.29, 1.82) is 0 Å².